The number of fused-ring (bicyclic) bond motifs is 1. The summed E-state index contributed by atoms with van der Waals surface area (Å²) in [6.45, 7) is 7.25. The van der Waals surface area contributed by atoms with Crippen molar-refractivity contribution in [2.24, 2.45) is 11.3 Å². The molecule has 5 heteroatoms. The molecular formula is C15H27N3O2. The van der Waals surface area contributed by atoms with E-state index in [-0.39, 0.29) is 5.41 Å². The van der Waals surface area contributed by atoms with Crippen LogP contribution in [0, 0.1) is 11.3 Å². The van der Waals surface area contributed by atoms with Gasteiger partial charge in [0.15, 0.2) is 0 Å². The molecule has 0 aromatic carbocycles. The molecule has 0 spiro atoms. The molecule has 3 fully saturated rings. The lowest BCUT2D eigenvalue weighted by Crippen LogP contribution is -2.50. The van der Waals surface area contributed by atoms with E-state index >= 15 is 0 Å². The van der Waals surface area contributed by atoms with E-state index in [4.69, 9.17) is 4.74 Å². The fourth-order valence-corrected chi connectivity index (χ4v) is 4.02. The summed E-state index contributed by atoms with van der Waals surface area (Å²) in [4.78, 5) is 15.0. The molecule has 0 unspecified atom stereocenters. The summed E-state index contributed by atoms with van der Waals surface area (Å²) in [5, 5.41) is 6.64. The van der Waals surface area contributed by atoms with Gasteiger partial charge in [0.2, 0.25) is 5.91 Å². The first-order chi connectivity index (χ1) is 9.81. The molecule has 5 nitrogen and oxygen atoms in total. The van der Waals surface area contributed by atoms with Crippen molar-refractivity contribution in [3.05, 3.63) is 0 Å². The normalized spacial score (nSPS) is 34.7. The molecule has 1 saturated carbocycles. The Morgan fingerprint density at radius 1 is 1.35 bits per heavy atom. The van der Waals surface area contributed by atoms with Crippen molar-refractivity contribution in [2.75, 3.05) is 52.5 Å². The first kappa shape index (κ1) is 14.3. The number of carbonyl (C=O) groups is 1. The molecule has 3 rings (SSSR count). The average molecular weight is 281 g/mol. The van der Waals surface area contributed by atoms with Gasteiger partial charge >= 0.3 is 0 Å². The smallest absolute Gasteiger partial charge is 0.227 e. The van der Waals surface area contributed by atoms with Gasteiger partial charge in [0.25, 0.3) is 0 Å². The Labute approximate surface area is 121 Å². The molecule has 2 N–H and O–H groups in total. The minimum atomic E-state index is -0.108. The molecule has 0 radical (unpaired) electrons. The fraction of sp³-hybridized carbons (Fsp3) is 0.933. The monoisotopic (exact) mass is 281 g/mol. The van der Waals surface area contributed by atoms with E-state index in [0.717, 1.165) is 58.9 Å². The van der Waals surface area contributed by atoms with Crippen molar-refractivity contribution in [1.82, 2.24) is 15.5 Å². The SMILES string of the molecule is O=C(NCCN1CCOCC1)[C@@]12CCCC[C@H]1CNC2. The van der Waals surface area contributed by atoms with Crippen LogP contribution in [0.3, 0.4) is 0 Å². The van der Waals surface area contributed by atoms with Crippen molar-refractivity contribution >= 4 is 5.91 Å². The van der Waals surface area contributed by atoms with Gasteiger partial charge in [0.05, 0.1) is 18.6 Å². The number of nitrogens with one attached hydrogen (secondary N) is 2. The standard InChI is InChI=1S/C15H27N3O2/c19-14(17-5-6-18-7-9-20-10-8-18)15-4-2-1-3-13(15)11-16-12-15/h13,16H,1-12H2,(H,17,19)/t13-,15+/m0/s1. The number of carbonyl (C=O) groups excluding carboxylic acids is 1. The van der Waals surface area contributed by atoms with Gasteiger partial charge in [-0.2, -0.15) is 0 Å². The van der Waals surface area contributed by atoms with Crippen molar-refractivity contribution in [3.63, 3.8) is 0 Å². The van der Waals surface area contributed by atoms with Crippen molar-refractivity contribution in [2.45, 2.75) is 25.7 Å². The van der Waals surface area contributed by atoms with E-state index < -0.39 is 0 Å². The number of ether oxygens (including phenoxy) is 1. The molecule has 3 aliphatic rings. The molecule has 2 atom stereocenters. The van der Waals surface area contributed by atoms with Gasteiger partial charge in [-0.05, 0) is 25.3 Å². The number of nitrogens with zero attached hydrogens (tertiary/aromatic N) is 1. The van der Waals surface area contributed by atoms with E-state index in [1.54, 1.807) is 0 Å². The van der Waals surface area contributed by atoms with Crippen molar-refractivity contribution in [3.8, 4) is 0 Å². The first-order valence-electron chi connectivity index (χ1n) is 8.10. The lowest BCUT2D eigenvalue weighted by molar-refractivity contribution is -0.134. The summed E-state index contributed by atoms with van der Waals surface area (Å²) in [5.41, 5.74) is -0.108. The number of morpholine rings is 1. The highest BCUT2D eigenvalue weighted by Gasteiger charge is 2.49. The minimum Gasteiger partial charge on any atom is -0.379 e. The van der Waals surface area contributed by atoms with Crippen molar-refractivity contribution in [1.29, 1.82) is 0 Å². The average Bonchev–Trinajstić information content (AvgIpc) is 2.93. The van der Waals surface area contributed by atoms with Gasteiger partial charge in [-0.1, -0.05) is 12.8 Å². The number of amides is 1. The Kier molecular flexibility index (Phi) is 4.58. The number of hydrogen-bond donors (Lipinski definition) is 2. The largest absolute Gasteiger partial charge is 0.379 e. The Morgan fingerprint density at radius 3 is 3.05 bits per heavy atom. The minimum absolute atomic E-state index is 0.108. The molecular weight excluding hydrogens is 254 g/mol. The molecule has 1 aliphatic carbocycles. The van der Waals surface area contributed by atoms with Gasteiger partial charge in [-0.15, -0.1) is 0 Å². The molecule has 0 bridgehead atoms. The second kappa shape index (κ2) is 6.41. The van der Waals surface area contributed by atoms with Crippen LogP contribution in [0.4, 0.5) is 0 Å². The fourth-order valence-electron chi connectivity index (χ4n) is 4.02. The van der Waals surface area contributed by atoms with E-state index in [1.165, 1.54) is 19.3 Å². The third-order valence-electron chi connectivity index (χ3n) is 5.31. The zero-order valence-electron chi connectivity index (χ0n) is 12.3. The van der Waals surface area contributed by atoms with Gasteiger partial charge in [0.1, 0.15) is 0 Å². The summed E-state index contributed by atoms with van der Waals surface area (Å²) >= 11 is 0. The molecule has 2 saturated heterocycles. The Morgan fingerprint density at radius 2 is 2.20 bits per heavy atom. The highest BCUT2D eigenvalue weighted by molar-refractivity contribution is 5.83. The second-order valence-corrected chi connectivity index (χ2v) is 6.44. The zero-order valence-corrected chi connectivity index (χ0v) is 12.3. The summed E-state index contributed by atoms with van der Waals surface area (Å²) in [7, 11) is 0. The number of hydrogen-bond acceptors (Lipinski definition) is 4. The topological polar surface area (TPSA) is 53.6 Å². The van der Waals surface area contributed by atoms with Crippen LogP contribution >= 0.6 is 0 Å². The first-order valence-corrected chi connectivity index (χ1v) is 8.10. The highest BCUT2D eigenvalue weighted by atomic mass is 16.5. The summed E-state index contributed by atoms with van der Waals surface area (Å²) < 4.78 is 5.34. The van der Waals surface area contributed by atoms with Crippen LogP contribution in [0.15, 0.2) is 0 Å². The molecule has 0 aromatic heterocycles. The lowest BCUT2D eigenvalue weighted by Gasteiger charge is -2.37. The summed E-state index contributed by atoms with van der Waals surface area (Å²) in [6, 6.07) is 0. The lowest BCUT2D eigenvalue weighted by atomic mass is 9.67. The maximum Gasteiger partial charge on any atom is 0.227 e. The predicted molar refractivity (Wildman–Crippen MR) is 77.5 cm³/mol. The quantitative estimate of drug-likeness (QED) is 0.774. The molecule has 1 amide bonds. The molecule has 114 valence electrons. The highest BCUT2D eigenvalue weighted by Crippen LogP contribution is 2.43. The Bertz CT molecular complexity index is 344. The third-order valence-corrected chi connectivity index (χ3v) is 5.31. The van der Waals surface area contributed by atoms with Crippen LogP contribution in [0.2, 0.25) is 0 Å². The van der Waals surface area contributed by atoms with Crippen LogP contribution in [0.25, 0.3) is 0 Å². The maximum absolute atomic E-state index is 12.6. The molecule has 2 aliphatic heterocycles. The summed E-state index contributed by atoms with van der Waals surface area (Å²) in [5.74, 6) is 0.847. The van der Waals surface area contributed by atoms with E-state index in [1.807, 2.05) is 0 Å². The third kappa shape index (κ3) is 2.85. The van der Waals surface area contributed by atoms with Crippen LogP contribution in [0.5, 0.6) is 0 Å². The van der Waals surface area contributed by atoms with Gasteiger partial charge in [0, 0.05) is 32.7 Å². The molecule has 2 heterocycles. The van der Waals surface area contributed by atoms with Crippen LogP contribution in [0.1, 0.15) is 25.7 Å². The molecule has 0 aromatic rings. The summed E-state index contributed by atoms with van der Waals surface area (Å²) in [6.07, 6.45) is 4.77. The van der Waals surface area contributed by atoms with Crippen LogP contribution in [-0.4, -0.2) is 63.3 Å². The van der Waals surface area contributed by atoms with Gasteiger partial charge in [-0.3, -0.25) is 9.69 Å². The molecule has 20 heavy (non-hydrogen) atoms. The maximum atomic E-state index is 12.6. The van der Waals surface area contributed by atoms with Crippen LogP contribution in [-0.2, 0) is 9.53 Å². The van der Waals surface area contributed by atoms with Gasteiger partial charge < -0.3 is 15.4 Å². The Balaban J connectivity index is 1.48. The van der Waals surface area contributed by atoms with E-state index in [2.05, 4.69) is 15.5 Å². The van der Waals surface area contributed by atoms with Crippen LogP contribution < -0.4 is 10.6 Å². The van der Waals surface area contributed by atoms with Gasteiger partial charge in [-0.25, -0.2) is 0 Å². The predicted octanol–water partition coefficient (Wildman–Crippen LogP) is 0.215. The number of rotatable bonds is 4. The van der Waals surface area contributed by atoms with Crippen molar-refractivity contribution < 1.29 is 9.53 Å². The Hall–Kier alpha value is -0.650. The second-order valence-electron chi connectivity index (χ2n) is 6.44. The van der Waals surface area contributed by atoms with E-state index in [0.29, 0.717) is 11.8 Å². The zero-order chi connectivity index (χ0) is 13.8. The van der Waals surface area contributed by atoms with E-state index in [9.17, 15) is 4.79 Å².